The van der Waals surface area contributed by atoms with Crippen LogP contribution in [0.4, 0.5) is 0 Å². The SMILES string of the molecule is CC(C)(C)NC(=O)CNCc1ccc(C#N)o1. The molecule has 0 unspecified atom stereocenters. The van der Waals surface area contributed by atoms with E-state index in [4.69, 9.17) is 9.68 Å². The van der Waals surface area contributed by atoms with E-state index in [2.05, 4.69) is 10.6 Å². The van der Waals surface area contributed by atoms with Gasteiger partial charge in [-0.15, -0.1) is 0 Å². The number of carbonyl (C=O) groups excluding carboxylic acids is 1. The van der Waals surface area contributed by atoms with Gasteiger partial charge in [-0.2, -0.15) is 5.26 Å². The number of amides is 1. The third-order valence-corrected chi connectivity index (χ3v) is 1.87. The van der Waals surface area contributed by atoms with Crippen molar-refractivity contribution in [3.8, 4) is 6.07 Å². The number of nitriles is 1. The summed E-state index contributed by atoms with van der Waals surface area (Å²) in [7, 11) is 0. The maximum absolute atomic E-state index is 11.5. The molecule has 0 bridgehead atoms. The van der Waals surface area contributed by atoms with Crippen LogP contribution in [0.25, 0.3) is 0 Å². The first-order valence-corrected chi connectivity index (χ1v) is 5.41. The van der Waals surface area contributed by atoms with E-state index in [0.717, 1.165) is 0 Å². The number of nitrogens with one attached hydrogen (secondary N) is 2. The lowest BCUT2D eigenvalue weighted by Crippen LogP contribution is -2.44. The maximum Gasteiger partial charge on any atom is 0.234 e. The Labute approximate surface area is 101 Å². The highest BCUT2D eigenvalue weighted by molar-refractivity contribution is 5.78. The molecule has 0 radical (unpaired) electrons. The van der Waals surface area contributed by atoms with Gasteiger partial charge in [0.15, 0.2) is 0 Å². The van der Waals surface area contributed by atoms with Gasteiger partial charge in [0.05, 0.1) is 13.1 Å². The van der Waals surface area contributed by atoms with Crippen molar-refractivity contribution in [3.05, 3.63) is 23.7 Å². The highest BCUT2D eigenvalue weighted by Crippen LogP contribution is 2.05. The van der Waals surface area contributed by atoms with Crippen LogP contribution < -0.4 is 10.6 Å². The Morgan fingerprint density at radius 1 is 1.47 bits per heavy atom. The molecule has 17 heavy (non-hydrogen) atoms. The number of hydrogen-bond acceptors (Lipinski definition) is 4. The van der Waals surface area contributed by atoms with Gasteiger partial charge < -0.3 is 15.1 Å². The van der Waals surface area contributed by atoms with Gasteiger partial charge in [-0.05, 0) is 32.9 Å². The lowest BCUT2D eigenvalue weighted by atomic mass is 10.1. The number of hydrogen-bond donors (Lipinski definition) is 2. The van der Waals surface area contributed by atoms with Crippen molar-refractivity contribution in [2.75, 3.05) is 6.54 Å². The third-order valence-electron chi connectivity index (χ3n) is 1.87. The zero-order chi connectivity index (χ0) is 12.9. The first-order chi connectivity index (χ1) is 7.90. The summed E-state index contributed by atoms with van der Waals surface area (Å²) in [4.78, 5) is 11.5. The fourth-order valence-corrected chi connectivity index (χ4v) is 1.29. The Kier molecular flexibility index (Phi) is 4.30. The predicted molar refractivity (Wildman–Crippen MR) is 63.0 cm³/mol. The molecule has 5 nitrogen and oxygen atoms in total. The fourth-order valence-electron chi connectivity index (χ4n) is 1.29. The lowest BCUT2D eigenvalue weighted by Gasteiger charge is -2.20. The van der Waals surface area contributed by atoms with Crippen LogP contribution >= 0.6 is 0 Å². The molecule has 5 heteroatoms. The predicted octanol–water partition coefficient (Wildman–Crippen LogP) is 1.16. The van der Waals surface area contributed by atoms with Crippen LogP contribution in [0, 0.1) is 11.3 Å². The highest BCUT2D eigenvalue weighted by Gasteiger charge is 2.13. The van der Waals surface area contributed by atoms with Gasteiger partial charge in [-0.3, -0.25) is 4.79 Å². The van der Waals surface area contributed by atoms with Crippen molar-refractivity contribution in [1.29, 1.82) is 5.26 Å². The van der Waals surface area contributed by atoms with Crippen molar-refractivity contribution < 1.29 is 9.21 Å². The maximum atomic E-state index is 11.5. The molecule has 0 saturated carbocycles. The molecule has 0 aliphatic heterocycles. The first kappa shape index (κ1) is 13.3. The van der Waals surface area contributed by atoms with Crippen LogP contribution in [0.2, 0.25) is 0 Å². The highest BCUT2D eigenvalue weighted by atomic mass is 16.3. The summed E-state index contributed by atoms with van der Waals surface area (Å²) >= 11 is 0. The number of carbonyl (C=O) groups is 1. The van der Waals surface area contributed by atoms with E-state index in [0.29, 0.717) is 12.3 Å². The van der Waals surface area contributed by atoms with Gasteiger partial charge in [0, 0.05) is 5.54 Å². The van der Waals surface area contributed by atoms with Crippen molar-refractivity contribution in [3.63, 3.8) is 0 Å². The standard InChI is InChI=1S/C12H17N3O2/c1-12(2,3)15-11(16)8-14-7-10-5-4-9(6-13)17-10/h4-5,14H,7-8H2,1-3H3,(H,15,16). The van der Waals surface area contributed by atoms with Gasteiger partial charge in [0.2, 0.25) is 11.7 Å². The Balaban J connectivity index is 2.29. The monoisotopic (exact) mass is 235 g/mol. The molecular weight excluding hydrogens is 218 g/mol. The number of rotatable bonds is 4. The van der Waals surface area contributed by atoms with Gasteiger partial charge in [-0.25, -0.2) is 0 Å². The van der Waals surface area contributed by atoms with Crippen LogP contribution in [-0.4, -0.2) is 18.0 Å². The van der Waals surface area contributed by atoms with E-state index in [1.807, 2.05) is 26.8 Å². The Bertz CT molecular complexity index is 424. The van der Waals surface area contributed by atoms with Crippen LogP contribution in [0.5, 0.6) is 0 Å². The van der Waals surface area contributed by atoms with Crippen molar-refractivity contribution >= 4 is 5.91 Å². The minimum absolute atomic E-state index is 0.0652. The van der Waals surface area contributed by atoms with Crippen LogP contribution in [-0.2, 0) is 11.3 Å². The smallest absolute Gasteiger partial charge is 0.234 e. The number of furan rings is 1. The summed E-state index contributed by atoms with van der Waals surface area (Å²) in [6, 6.07) is 5.22. The molecule has 0 spiro atoms. The van der Waals surface area contributed by atoms with Gasteiger partial charge >= 0.3 is 0 Å². The number of nitrogens with zero attached hydrogens (tertiary/aromatic N) is 1. The normalized spacial score (nSPS) is 10.9. The van der Waals surface area contributed by atoms with Gasteiger partial charge in [-0.1, -0.05) is 0 Å². The molecule has 1 aromatic heterocycles. The van der Waals surface area contributed by atoms with E-state index in [1.54, 1.807) is 12.1 Å². The summed E-state index contributed by atoms with van der Waals surface area (Å²) in [5.74, 6) is 0.857. The average Bonchev–Trinajstić information content (AvgIpc) is 2.63. The van der Waals surface area contributed by atoms with E-state index in [-0.39, 0.29) is 23.8 Å². The van der Waals surface area contributed by atoms with Crippen molar-refractivity contribution in [2.24, 2.45) is 0 Å². The Hall–Kier alpha value is -1.80. The summed E-state index contributed by atoms with van der Waals surface area (Å²) in [5.41, 5.74) is -0.225. The van der Waals surface area contributed by atoms with E-state index in [1.165, 1.54) is 0 Å². The van der Waals surface area contributed by atoms with Crippen LogP contribution in [0.1, 0.15) is 32.3 Å². The third kappa shape index (κ3) is 5.18. The second-order valence-electron chi connectivity index (χ2n) is 4.78. The molecule has 1 aromatic rings. The van der Waals surface area contributed by atoms with Gasteiger partial charge in [0.25, 0.3) is 0 Å². The summed E-state index contributed by atoms with van der Waals surface area (Å²) in [6.45, 7) is 6.43. The largest absolute Gasteiger partial charge is 0.449 e. The summed E-state index contributed by atoms with van der Waals surface area (Å²) in [5, 5.41) is 14.3. The summed E-state index contributed by atoms with van der Waals surface area (Å²) in [6.07, 6.45) is 0. The summed E-state index contributed by atoms with van der Waals surface area (Å²) < 4.78 is 5.16. The molecule has 0 saturated heterocycles. The minimum atomic E-state index is -0.225. The topological polar surface area (TPSA) is 78.1 Å². The van der Waals surface area contributed by atoms with E-state index >= 15 is 0 Å². The molecular formula is C12H17N3O2. The second kappa shape index (κ2) is 5.51. The second-order valence-corrected chi connectivity index (χ2v) is 4.78. The van der Waals surface area contributed by atoms with Crippen molar-refractivity contribution in [2.45, 2.75) is 32.9 Å². The molecule has 0 fully saturated rings. The molecule has 1 amide bonds. The van der Waals surface area contributed by atoms with E-state index in [9.17, 15) is 4.79 Å². The molecule has 0 aliphatic carbocycles. The average molecular weight is 235 g/mol. The zero-order valence-electron chi connectivity index (χ0n) is 10.3. The first-order valence-electron chi connectivity index (χ1n) is 5.41. The lowest BCUT2D eigenvalue weighted by molar-refractivity contribution is -0.121. The quantitative estimate of drug-likeness (QED) is 0.820. The fraction of sp³-hybridized carbons (Fsp3) is 0.500. The molecule has 92 valence electrons. The molecule has 1 heterocycles. The van der Waals surface area contributed by atoms with Crippen LogP contribution in [0.3, 0.4) is 0 Å². The molecule has 0 aliphatic rings. The van der Waals surface area contributed by atoms with Crippen LogP contribution in [0.15, 0.2) is 16.5 Å². The van der Waals surface area contributed by atoms with Crippen molar-refractivity contribution in [1.82, 2.24) is 10.6 Å². The molecule has 0 atom stereocenters. The molecule has 1 rings (SSSR count). The van der Waals surface area contributed by atoms with E-state index < -0.39 is 0 Å². The Morgan fingerprint density at radius 2 is 2.18 bits per heavy atom. The minimum Gasteiger partial charge on any atom is -0.449 e. The molecule has 2 N–H and O–H groups in total. The molecule has 0 aromatic carbocycles. The Morgan fingerprint density at radius 3 is 2.71 bits per heavy atom. The zero-order valence-corrected chi connectivity index (χ0v) is 10.3. The van der Waals surface area contributed by atoms with Gasteiger partial charge in [0.1, 0.15) is 11.8 Å².